The first-order chi connectivity index (χ1) is 12.6. The average molecular weight is 406 g/mol. The molecular formula is C16H12ClN5O2S2. The van der Waals surface area contributed by atoms with E-state index in [1.165, 1.54) is 33.7 Å². The number of benzene rings is 1. The van der Waals surface area contributed by atoms with Crippen molar-refractivity contribution in [1.82, 2.24) is 24.8 Å². The van der Waals surface area contributed by atoms with Crippen LogP contribution in [0.2, 0.25) is 5.02 Å². The van der Waals surface area contributed by atoms with Gasteiger partial charge in [0, 0.05) is 22.4 Å². The molecule has 0 unspecified atom stereocenters. The Morgan fingerprint density at radius 1 is 1.27 bits per heavy atom. The summed E-state index contributed by atoms with van der Waals surface area (Å²) in [5, 5.41) is 14.2. The van der Waals surface area contributed by atoms with Crippen molar-refractivity contribution in [3.63, 3.8) is 0 Å². The van der Waals surface area contributed by atoms with Gasteiger partial charge in [0.2, 0.25) is 10.9 Å². The number of hydrogen-bond acceptors (Lipinski definition) is 8. The first-order valence-corrected chi connectivity index (χ1v) is 9.91. The number of halogens is 1. The van der Waals surface area contributed by atoms with Gasteiger partial charge in [-0.05, 0) is 30.7 Å². The number of nitrogens with zero attached hydrogens (tertiary/aromatic N) is 5. The van der Waals surface area contributed by atoms with E-state index in [-0.39, 0.29) is 5.56 Å². The van der Waals surface area contributed by atoms with E-state index < -0.39 is 0 Å². The summed E-state index contributed by atoms with van der Waals surface area (Å²) in [5.74, 6) is 0.871. The number of hydrogen-bond donors (Lipinski definition) is 0. The standard InChI is InChI=1S/C16H12ClN5O2S2/c1-2-12-21-22-13(23)7-11(18-15(22)26-12)8-25-16-20-19-14(24-16)9-3-5-10(17)6-4-9/h3-7H,2,8H2,1H3. The van der Waals surface area contributed by atoms with Gasteiger partial charge in [-0.15, -0.1) is 10.2 Å². The largest absolute Gasteiger partial charge is 0.411 e. The summed E-state index contributed by atoms with van der Waals surface area (Å²) < 4.78 is 6.98. The van der Waals surface area contributed by atoms with Crippen LogP contribution >= 0.6 is 34.7 Å². The summed E-state index contributed by atoms with van der Waals surface area (Å²) in [6, 6.07) is 8.64. The smallest absolute Gasteiger partial charge is 0.277 e. The Balaban J connectivity index is 1.51. The van der Waals surface area contributed by atoms with E-state index in [0.717, 1.165) is 17.0 Å². The molecule has 0 aliphatic carbocycles. The van der Waals surface area contributed by atoms with Crippen molar-refractivity contribution in [2.45, 2.75) is 24.3 Å². The fourth-order valence-corrected chi connectivity index (χ4v) is 3.86. The minimum atomic E-state index is -0.186. The molecule has 0 aliphatic rings. The molecule has 0 spiro atoms. The van der Waals surface area contributed by atoms with Crippen LogP contribution in [0.3, 0.4) is 0 Å². The zero-order valence-corrected chi connectivity index (χ0v) is 15.9. The molecule has 1 aromatic carbocycles. The fourth-order valence-electron chi connectivity index (χ4n) is 2.23. The molecule has 0 fully saturated rings. The van der Waals surface area contributed by atoms with E-state index in [9.17, 15) is 4.79 Å². The first kappa shape index (κ1) is 17.2. The Bertz CT molecular complexity index is 1120. The number of aryl methyl sites for hydroxylation is 1. The quantitative estimate of drug-likeness (QED) is 0.468. The Hall–Kier alpha value is -2.23. The lowest BCUT2D eigenvalue weighted by molar-refractivity contribution is 0.466. The van der Waals surface area contributed by atoms with Crippen LogP contribution in [0.15, 0.2) is 44.8 Å². The van der Waals surface area contributed by atoms with Crippen LogP contribution in [0.1, 0.15) is 17.6 Å². The minimum absolute atomic E-state index is 0.186. The Morgan fingerprint density at radius 2 is 2.08 bits per heavy atom. The molecule has 0 bridgehead atoms. The van der Waals surface area contributed by atoms with Gasteiger partial charge in [0.05, 0.1) is 5.69 Å². The molecule has 7 nitrogen and oxygen atoms in total. The van der Waals surface area contributed by atoms with Gasteiger partial charge in [0.25, 0.3) is 10.8 Å². The minimum Gasteiger partial charge on any atom is -0.411 e. The van der Waals surface area contributed by atoms with Crippen molar-refractivity contribution in [3.05, 3.63) is 56.4 Å². The van der Waals surface area contributed by atoms with Gasteiger partial charge in [-0.25, -0.2) is 4.98 Å². The number of aromatic nitrogens is 5. The summed E-state index contributed by atoms with van der Waals surface area (Å²) in [6.07, 6.45) is 0.771. The van der Waals surface area contributed by atoms with Gasteiger partial charge in [0.15, 0.2) is 0 Å². The molecule has 0 radical (unpaired) electrons. The van der Waals surface area contributed by atoms with Crippen LogP contribution in [0.4, 0.5) is 0 Å². The van der Waals surface area contributed by atoms with E-state index >= 15 is 0 Å². The predicted octanol–water partition coefficient (Wildman–Crippen LogP) is 3.71. The SMILES string of the molecule is CCc1nn2c(=O)cc(CSc3nnc(-c4ccc(Cl)cc4)o3)nc2s1. The second kappa shape index (κ2) is 7.18. The first-order valence-electron chi connectivity index (χ1n) is 7.73. The van der Waals surface area contributed by atoms with Crippen molar-refractivity contribution < 1.29 is 4.42 Å². The topological polar surface area (TPSA) is 86.2 Å². The highest BCUT2D eigenvalue weighted by Crippen LogP contribution is 2.26. The van der Waals surface area contributed by atoms with E-state index in [2.05, 4.69) is 20.3 Å². The molecule has 10 heteroatoms. The molecule has 26 heavy (non-hydrogen) atoms. The van der Waals surface area contributed by atoms with E-state index in [1.807, 2.05) is 19.1 Å². The highest BCUT2D eigenvalue weighted by atomic mass is 35.5. The van der Waals surface area contributed by atoms with Gasteiger partial charge >= 0.3 is 0 Å². The van der Waals surface area contributed by atoms with Crippen molar-refractivity contribution >= 4 is 39.7 Å². The predicted molar refractivity (Wildman–Crippen MR) is 101 cm³/mol. The van der Waals surface area contributed by atoms with Gasteiger partial charge in [-0.2, -0.15) is 9.61 Å². The second-order valence-electron chi connectivity index (χ2n) is 5.30. The maximum absolute atomic E-state index is 12.2. The van der Waals surface area contributed by atoms with Gasteiger partial charge in [0.1, 0.15) is 5.01 Å². The number of thioether (sulfide) groups is 1. The van der Waals surface area contributed by atoms with Crippen LogP contribution in [-0.2, 0) is 12.2 Å². The van der Waals surface area contributed by atoms with Crippen LogP contribution in [0.5, 0.6) is 0 Å². The Morgan fingerprint density at radius 3 is 2.85 bits per heavy atom. The molecule has 0 aliphatic heterocycles. The van der Waals surface area contributed by atoms with Crippen LogP contribution in [-0.4, -0.2) is 24.8 Å². The lowest BCUT2D eigenvalue weighted by Gasteiger charge is -1.97. The molecule has 4 aromatic rings. The molecular weight excluding hydrogens is 394 g/mol. The Labute approximate surface area is 161 Å². The molecule has 3 heterocycles. The van der Waals surface area contributed by atoms with Crippen LogP contribution < -0.4 is 5.56 Å². The zero-order chi connectivity index (χ0) is 18.1. The highest BCUT2D eigenvalue weighted by molar-refractivity contribution is 7.98. The van der Waals surface area contributed by atoms with Crippen molar-refractivity contribution in [2.75, 3.05) is 0 Å². The third kappa shape index (κ3) is 3.50. The monoisotopic (exact) mass is 405 g/mol. The van der Waals surface area contributed by atoms with Crippen molar-refractivity contribution in [1.29, 1.82) is 0 Å². The average Bonchev–Trinajstić information content (AvgIpc) is 3.27. The summed E-state index contributed by atoms with van der Waals surface area (Å²) in [7, 11) is 0. The normalized spacial score (nSPS) is 11.3. The maximum atomic E-state index is 12.2. The summed E-state index contributed by atoms with van der Waals surface area (Å²) in [4.78, 5) is 17.2. The molecule has 0 saturated carbocycles. The molecule has 4 rings (SSSR count). The summed E-state index contributed by atoms with van der Waals surface area (Å²) in [5.41, 5.74) is 1.26. The molecule has 0 saturated heterocycles. The van der Waals surface area contributed by atoms with E-state index in [0.29, 0.717) is 32.5 Å². The highest BCUT2D eigenvalue weighted by Gasteiger charge is 2.12. The van der Waals surface area contributed by atoms with Crippen LogP contribution in [0.25, 0.3) is 16.4 Å². The summed E-state index contributed by atoms with van der Waals surface area (Å²) in [6.45, 7) is 1.99. The third-order valence-electron chi connectivity index (χ3n) is 3.48. The summed E-state index contributed by atoms with van der Waals surface area (Å²) >= 11 is 8.63. The molecule has 3 aromatic heterocycles. The lowest BCUT2D eigenvalue weighted by Crippen LogP contribution is -2.15. The van der Waals surface area contributed by atoms with Gasteiger partial charge < -0.3 is 4.42 Å². The molecule has 132 valence electrons. The van der Waals surface area contributed by atoms with Gasteiger partial charge in [-0.1, -0.05) is 41.6 Å². The van der Waals surface area contributed by atoms with Crippen LogP contribution in [0, 0.1) is 0 Å². The number of rotatable bonds is 5. The molecule has 0 atom stereocenters. The van der Waals surface area contributed by atoms with Crippen molar-refractivity contribution in [3.8, 4) is 11.5 Å². The second-order valence-corrected chi connectivity index (χ2v) is 7.70. The number of fused-ring (bicyclic) bond motifs is 1. The lowest BCUT2D eigenvalue weighted by atomic mass is 10.2. The van der Waals surface area contributed by atoms with E-state index in [1.54, 1.807) is 12.1 Å². The Kier molecular flexibility index (Phi) is 4.75. The van der Waals surface area contributed by atoms with Crippen molar-refractivity contribution in [2.24, 2.45) is 0 Å². The zero-order valence-electron chi connectivity index (χ0n) is 13.5. The third-order valence-corrected chi connectivity index (χ3v) is 5.64. The van der Waals surface area contributed by atoms with E-state index in [4.69, 9.17) is 16.0 Å². The molecule has 0 N–H and O–H groups in total. The van der Waals surface area contributed by atoms with Gasteiger partial charge in [-0.3, -0.25) is 4.79 Å². The maximum Gasteiger partial charge on any atom is 0.277 e. The molecule has 0 amide bonds. The fraction of sp³-hybridized carbons (Fsp3) is 0.188.